The van der Waals surface area contributed by atoms with Crippen molar-refractivity contribution in [1.82, 2.24) is 4.90 Å². The number of rotatable bonds is 5. The van der Waals surface area contributed by atoms with Crippen LogP contribution in [0.5, 0.6) is 0 Å². The Kier molecular flexibility index (Phi) is 5.41. The number of methoxy groups -OCH3 is 1. The number of likely N-dealkylation sites (tertiary alicyclic amines) is 1. The fourth-order valence-electron chi connectivity index (χ4n) is 4.51. The quantitative estimate of drug-likeness (QED) is 0.621. The average Bonchev–Trinajstić information content (AvgIpc) is 3.08. The number of nitrogens with zero attached hydrogens (tertiary/aromatic N) is 1. The molecule has 0 bridgehead atoms. The molecule has 4 atom stereocenters. The minimum atomic E-state index is -0.818. The predicted molar refractivity (Wildman–Crippen MR) is 95.5 cm³/mol. The number of amides is 1. The Morgan fingerprint density at radius 2 is 2.28 bits per heavy atom. The van der Waals surface area contributed by atoms with E-state index in [1.807, 2.05) is 0 Å². The molecule has 7 nitrogen and oxygen atoms in total. The van der Waals surface area contributed by atoms with Gasteiger partial charge in [0.05, 0.1) is 23.8 Å². The summed E-state index contributed by atoms with van der Waals surface area (Å²) < 4.78 is 11.5. The van der Waals surface area contributed by atoms with Gasteiger partial charge in [0.25, 0.3) is 5.91 Å². The summed E-state index contributed by atoms with van der Waals surface area (Å²) in [5.41, 5.74) is 17.6. The molecule has 140 valence electrons. The van der Waals surface area contributed by atoms with E-state index >= 15 is 0 Å². The van der Waals surface area contributed by atoms with Gasteiger partial charge in [0.2, 0.25) is 0 Å². The van der Waals surface area contributed by atoms with Crippen LogP contribution in [0.25, 0.3) is 0 Å². The lowest BCUT2D eigenvalue weighted by molar-refractivity contribution is -0.114. The van der Waals surface area contributed by atoms with Crippen LogP contribution in [-0.2, 0) is 14.3 Å². The van der Waals surface area contributed by atoms with Crippen LogP contribution in [0.2, 0.25) is 0 Å². The van der Waals surface area contributed by atoms with Gasteiger partial charge in [0, 0.05) is 43.6 Å². The Bertz CT molecular complexity index is 609. The minimum Gasteiger partial charge on any atom is -0.497 e. The summed E-state index contributed by atoms with van der Waals surface area (Å²) in [4.78, 5) is 14.0. The van der Waals surface area contributed by atoms with E-state index < -0.39 is 11.4 Å². The predicted octanol–water partition coefficient (Wildman–Crippen LogP) is -0.108. The van der Waals surface area contributed by atoms with Crippen molar-refractivity contribution >= 4 is 17.5 Å². The molecule has 0 aromatic heterocycles. The van der Waals surface area contributed by atoms with Crippen molar-refractivity contribution in [1.29, 1.82) is 0 Å². The molecule has 0 spiro atoms. The third-order valence-corrected chi connectivity index (χ3v) is 6.21. The van der Waals surface area contributed by atoms with Gasteiger partial charge in [-0.25, -0.2) is 0 Å². The highest BCUT2D eigenvalue weighted by atomic mass is 35.5. The Morgan fingerprint density at radius 1 is 1.52 bits per heavy atom. The van der Waals surface area contributed by atoms with Crippen LogP contribution in [-0.4, -0.2) is 62.3 Å². The van der Waals surface area contributed by atoms with Crippen LogP contribution >= 0.6 is 11.6 Å². The molecule has 2 aliphatic heterocycles. The largest absolute Gasteiger partial charge is 0.497 e. The van der Waals surface area contributed by atoms with E-state index in [1.165, 1.54) is 0 Å². The topological polar surface area (TPSA) is 117 Å². The minimum absolute atomic E-state index is 0.0198. The summed E-state index contributed by atoms with van der Waals surface area (Å²) >= 11 is 6.63. The number of nitrogens with two attached hydrogens (primary N) is 3. The zero-order valence-electron chi connectivity index (χ0n) is 14.5. The number of ether oxygens (including phenoxy) is 2. The van der Waals surface area contributed by atoms with E-state index in [1.54, 1.807) is 13.2 Å². The van der Waals surface area contributed by atoms with E-state index in [2.05, 4.69) is 4.90 Å². The first-order valence-corrected chi connectivity index (χ1v) is 9.09. The number of carbonyl (C=O) groups is 1. The van der Waals surface area contributed by atoms with Crippen molar-refractivity contribution in [3.63, 3.8) is 0 Å². The molecule has 0 radical (unpaired) electrons. The number of primary amides is 1. The first kappa shape index (κ1) is 18.7. The average molecular weight is 371 g/mol. The molecule has 1 amide bonds. The molecule has 6 N–H and O–H groups in total. The van der Waals surface area contributed by atoms with Crippen LogP contribution in [0, 0.1) is 11.8 Å². The second kappa shape index (κ2) is 7.25. The van der Waals surface area contributed by atoms with Crippen LogP contribution in [0.4, 0.5) is 0 Å². The van der Waals surface area contributed by atoms with Crippen molar-refractivity contribution in [2.75, 3.05) is 39.9 Å². The Morgan fingerprint density at radius 3 is 2.92 bits per heavy atom. The lowest BCUT2D eigenvalue weighted by atomic mass is 9.65. The number of carbonyl (C=O) groups excluding carboxylic acids is 1. The molecule has 3 aliphatic rings. The first-order chi connectivity index (χ1) is 11.9. The van der Waals surface area contributed by atoms with E-state index in [0.717, 1.165) is 26.1 Å². The van der Waals surface area contributed by atoms with Crippen molar-refractivity contribution < 1.29 is 14.3 Å². The number of hydrogen-bond donors (Lipinski definition) is 3. The number of fused-ring (bicyclic) bond motifs is 1. The van der Waals surface area contributed by atoms with Crippen molar-refractivity contribution in [3.8, 4) is 0 Å². The van der Waals surface area contributed by atoms with Crippen LogP contribution in [0.3, 0.4) is 0 Å². The molecule has 0 aromatic carbocycles. The summed E-state index contributed by atoms with van der Waals surface area (Å²) in [7, 11) is 1.70. The third-order valence-electron chi connectivity index (χ3n) is 5.78. The van der Waals surface area contributed by atoms with E-state index in [4.69, 9.17) is 38.3 Å². The summed E-state index contributed by atoms with van der Waals surface area (Å²) in [6, 6.07) is 0. The van der Waals surface area contributed by atoms with Gasteiger partial charge in [-0.05, 0) is 25.5 Å². The highest BCUT2D eigenvalue weighted by molar-refractivity contribution is 6.31. The molecular formula is C17H27ClN4O3. The Labute approximate surface area is 153 Å². The molecule has 3 rings (SSSR count). The zero-order chi connectivity index (χ0) is 18.2. The highest BCUT2D eigenvalue weighted by Crippen LogP contribution is 2.50. The van der Waals surface area contributed by atoms with Gasteiger partial charge >= 0.3 is 0 Å². The maximum atomic E-state index is 11.8. The van der Waals surface area contributed by atoms with Crippen molar-refractivity contribution in [2.45, 2.75) is 24.5 Å². The Balaban J connectivity index is 1.93. The monoisotopic (exact) mass is 370 g/mol. The fraction of sp³-hybridized carbons (Fsp3) is 0.706. The molecule has 2 heterocycles. The van der Waals surface area contributed by atoms with Gasteiger partial charge < -0.3 is 26.7 Å². The summed E-state index contributed by atoms with van der Waals surface area (Å²) in [6.07, 6.45) is 3.07. The molecule has 2 saturated heterocycles. The first-order valence-electron chi connectivity index (χ1n) is 8.72. The standard InChI is InChI=1S/C17H27ClN4O3/c1-24-13-9-22(6-4-19)5-2-11(13)17(21)12-3-7-25-15(12)10(16(20)23)8-14(17)18/h8,11-13H,2-7,9,19,21H2,1H3,(H2,20,23). The molecule has 4 unspecified atom stereocenters. The van der Waals surface area contributed by atoms with Gasteiger partial charge in [0.1, 0.15) is 5.76 Å². The van der Waals surface area contributed by atoms with Crippen molar-refractivity contribution in [2.24, 2.45) is 29.0 Å². The third kappa shape index (κ3) is 3.08. The lowest BCUT2D eigenvalue weighted by Crippen LogP contribution is -2.63. The number of piperidine rings is 1. The molecular weight excluding hydrogens is 344 g/mol. The molecule has 2 fully saturated rings. The summed E-state index contributed by atoms with van der Waals surface area (Å²) in [6.45, 7) is 3.60. The van der Waals surface area contributed by atoms with E-state index in [9.17, 15) is 4.79 Å². The summed E-state index contributed by atoms with van der Waals surface area (Å²) in [5.74, 6) is -0.0931. The number of halogens is 1. The van der Waals surface area contributed by atoms with Crippen LogP contribution < -0.4 is 17.2 Å². The fourth-order valence-corrected chi connectivity index (χ4v) is 4.89. The molecule has 25 heavy (non-hydrogen) atoms. The van der Waals surface area contributed by atoms with Gasteiger partial charge in [-0.3, -0.25) is 9.69 Å². The van der Waals surface area contributed by atoms with Gasteiger partial charge in [-0.15, -0.1) is 0 Å². The SMILES string of the molecule is COC1CN(CCN)CCC1C1(N)C(Cl)=CC(C(N)=O)=C2OCCC21. The smallest absolute Gasteiger partial charge is 0.252 e. The maximum absolute atomic E-state index is 11.8. The van der Waals surface area contributed by atoms with E-state index in [0.29, 0.717) is 35.9 Å². The van der Waals surface area contributed by atoms with Gasteiger partial charge in [-0.1, -0.05) is 11.6 Å². The second-order valence-corrected chi connectivity index (χ2v) is 7.42. The summed E-state index contributed by atoms with van der Waals surface area (Å²) in [5, 5.41) is 0.458. The van der Waals surface area contributed by atoms with Crippen LogP contribution in [0.15, 0.2) is 22.4 Å². The number of hydrogen-bond acceptors (Lipinski definition) is 6. The maximum Gasteiger partial charge on any atom is 0.252 e. The lowest BCUT2D eigenvalue weighted by Gasteiger charge is -2.50. The van der Waals surface area contributed by atoms with Gasteiger partial charge in [-0.2, -0.15) is 0 Å². The highest BCUT2D eigenvalue weighted by Gasteiger charge is 2.55. The molecule has 8 heteroatoms. The van der Waals surface area contributed by atoms with Crippen molar-refractivity contribution in [3.05, 3.63) is 22.4 Å². The Hall–Kier alpha value is -1.12. The van der Waals surface area contributed by atoms with Crippen LogP contribution in [0.1, 0.15) is 12.8 Å². The normalized spacial score (nSPS) is 36.0. The molecule has 0 aromatic rings. The zero-order valence-corrected chi connectivity index (χ0v) is 15.3. The second-order valence-electron chi connectivity index (χ2n) is 7.02. The van der Waals surface area contributed by atoms with Gasteiger partial charge in [0.15, 0.2) is 0 Å². The molecule has 1 aliphatic carbocycles. The molecule has 0 saturated carbocycles. The van der Waals surface area contributed by atoms with E-state index in [-0.39, 0.29) is 17.9 Å².